The fourth-order valence-corrected chi connectivity index (χ4v) is 1.69. The zero-order chi connectivity index (χ0) is 11.4. The molecule has 6 heteroatoms. The van der Waals surface area contributed by atoms with Crippen LogP contribution >= 0.6 is 11.8 Å². The van der Waals surface area contributed by atoms with Gasteiger partial charge in [-0.1, -0.05) is 6.07 Å². The van der Waals surface area contributed by atoms with Crippen LogP contribution in [-0.4, -0.2) is 10.1 Å². The van der Waals surface area contributed by atoms with Crippen LogP contribution in [0.3, 0.4) is 0 Å². The van der Waals surface area contributed by atoms with Crippen molar-refractivity contribution in [3.8, 4) is 0 Å². The van der Waals surface area contributed by atoms with Crippen LogP contribution < -0.4 is 11.1 Å². The van der Waals surface area contributed by atoms with E-state index in [2.05, 4.69) is 0 Å². The van der Waals surface area contributed by atoms with E-state index in [1.807, 2.05) is 0 Å². The minimum Gasteiger partial charge on any atom is -0.282 e. The van der Waals surface area contributed by atoms with Crippen LogP contribution in [0.25, 0.3) is 0 Å². The summed E-state index contributed by atoms with van der Waals surface area (Å²) in [5.41, 5.74) is 7.05. The minimum absolute atomic E-state index is 0.133. The number of amidine groups is 1. The van der Waals surface area contributed by atoms with Gasteiger partial charge in [-0.2, -0.15) is 0 Å². The fourth-order valence-electron chi connectivity index (χ4n) is 1.18. The molecule has 0 aliphatic heterocycles. The molecule has 0 fully saturated rings. The molecule has 80 valence electrons. The number of nitro benzene ring substituents is 1. The quantitative estimate of drug-likeness (QED) is 0.333. The van der Waals surface area contributed by atoms with Gasteiger partial charge in [-0.05, 0) is 30.3 Å². The normalized spacial score (nSPS) is 9.93. The second-order valence-electron chi connectivity index (χ2n) is 3.07. The van der Waals surface area contributed by atoms with Crippen molar-refractivity contribution in [2.75, 3.05) is 0 Å². The highest BCUT2D eigenvalue weighted by atomic mass is 32.2. The number of benzene rings is 1. The number of aryl methyl sites for hydroxylation is 1. The van der Waals surface area contributed by atoms with Gasteiger partial charge in [-0.3, -0.25) is 21.3 Å². The minimum atomic E-state index is -0.393. The summed E-state index contributed by atoms with van der Waals surface area (Å²) in [5, 5.41) is 16.2. The molecule has 0 atom stereocenters. The molecule has 0 heterocycles. The molecule has 4 N–H and O–H groups in total. The van der Waals surface area contributed by atoms with Gasteiger partial charge in [0.05, 0.1) is 4.92 Å². The maximum atomic E-state index is 10.6. The predicted octanol–water partition coefficient (Wildman–Crippen LogP) is 0.210. The van der Waals surface area contributed by atoms with Gasteiger partial charge in [-0.15, -0.1) is 0 Å². The summed E-state index contributed by atoms with van der Waals surface area (Å²) < 4.78 is 0. The molecule has 0 aliphatic rings. The third-order valence-electron chi connectivity index (χ3n) is 1.86. The third-order valence-corrected chi connectivity index (χ3v) is 2.67. The summed E-state index contributed by atoms with van der Waals surface area (Å²) >= 11 is 1.31. The monoisotopic (exact) mass is 226 g/mol. The van der Waals surface area contributed by atoms with Crippen molar-refractivity contribution in [3.05, 3.63) is 39.4 Å². The average Bonchev–Trinajstić information content (AvgIpc) is 2.14. The van der Waals surface area contributed by atoms with E-state index >= 15 is 0 Å². The van der Waals surface area contributed by atoms with Crippen LogP contribution in [0.1, 0.15) is 11.1 Å². The Balaban J connectivity index is 2.82. The van der Waals surface area contributed by atoms with Gasteiger partial charge >= 0.3 is 0 Å². The Labute approximate surface area is 91.3 Å². The van der Waals surface area contributed by atoms with Gasteiger partial charge in [-0.25, -0.2) is 0 Å². The summed E-state index contributed by atoms with van der Waals surface area (Å²) in [7, 11) is 0. The lowest BCUT2D eigenvalue weighted by Crippen LogP contribution is -2.43. The lowest BCUT2D eigenvalue weighted by Gasteiger charge is -2.01. The van der Waals surface area contributed by atoms with E-state index in [1.165, 1.54) is 17.8 Å². The van der Waals surface area contributed by atoms with E-state index in [4.69, 9.17) is 11.1 Å². The van der Waals surface area contributed by atoms with Gasteiger partial charge < -0.3 is 0 Å². The van der Waals surface area contributed by atoms with E-state index < -0.39 is 4.92 Å². The molecule has 5 nitrogen and oxygen atoms in total. The molecule has 0 amide bonds. The molecule has 0 saturated carbocycles. The van der Waals surface area contributed by atoms with Crippen molar-refractivity contribution in [1.82, 2.24) is 0 Å². The average molecular weight is 226 g/mol. The summed E-state index contributed by atoms with van der Waals surface area (Å²) in [6, 6.07) is 4.98. The second-order valence-corrected chi connectivity index (χ2v) is 4.12. The van der Waals surface area contributed by atoms with Crippen LogP contribution in [0.4, 0.5) is 5.69 Å². The van der Waals surface area contributed by atoms with E-state index in [-0.39, 0.29) is 5.69 Å². The number of thioether (sulfide) groups is 1. The first kappa shape index (κ1) is 11.5. The van der Waals surface area contributed by atoms with E-state index in [0.717, 1.165) is 5.56 Å². The number of nitrogens with zero attached hydrogens (tertiary/aromatic N) is 1. The molecule has 0 unspecified atom stereocenters. The van der Waals surface area contributed by atoms with Crippen LogP contribution in [0, 0.1) is 17.0 Å². The maximum absolute atomic E-state index is 10.6. The molecule has 0 radical (unpaired) electrons. The van der Waals surface area contributed by atoms with Crippen molar-refractivity contribution in [2.45, 2.75) is 12.7 Å². The number of rotatable bonds is 3. The van der Waals surface area contributed by atoms with Gasteiger partial charge in [0.25, 0.3) is 10.9 Å². The molecule has 0 aromatic heterocycles. The van der Waals surface area contributed by atoms with Gasteiger partial charge in [0.15, 0.2) is 0 Å². The van der Waals surface area contributed by atoms with Gasteiger partial charge in [0, 0.05) is 17.4 Å². The topological polar surface area (TPSA) is 94.8 Å². The van der Waals surface area contributed by atoms with Crippen LogP contribution in [0.2, 0.25) is 0 Å². The van der Waals surface area contributed by atoms with Gasteiger partial charge in [0.1, 0.15) is 0 Å². The highest BCUT2D eigenvalue weighted by molar-refractivity contribution is 8.12. The Morgan fingerprint density at radius 1 is 1.67 bits per heavy atom. The SMILES string of the molecule is Cc1cc(CSC(N)=[NH2+])ccc1[N+](=O)[O-]. The van der Waals surface area contributed by atoms with Crippen molar-refractivity contribution in [3.63, 3.8) is 0 Å². The Bertz CT molecular complexity index is 406. The highest BCUT2D eigenvalue weighted by Gasteiger charge is 2.10. The second kappa shape index (κ2) is 4.79. The molecule has 0 saturated heterocycles. The first-order valence-corrected chi connectivity index (χ1v) is 5.24. The Morgan fingerprint density at radius 2 is 2.33 bits per heavy atom. The van der Waals surface area contributed by atoms with E-state index in [0.29, 0.717) is 16.5 Å². The number of nitrogens with two attached hydrogens (primary N) is 2. The molecule has 0 bridgehead atoms. The van der Waals surface area contributed by atoms with Crippen molar-refractivity contribution >= 4 is 22.6 Å². The fraction of sp³-hybridized carbons (Fsp3) is 0.222. The lowest BCUT2D eigenvalue weighted by molar-refractivity contribution is -0.385. The first-order valence-electron chi connectivity index (χ1n) is 4.25. The zero-order valence-electron chi connectivity index (χ0n) is 8.27. The van der Waals surface area contributed by atoms with Crippen LogP contribution in [0.15, 0.2) is 18.2 Å². The summed E-state index contributed by atoms with van der Waals surface area (Å²) in [6.07, 6.45) is 0. The molecule has 15 heavy (non-hydrogen) atoms. The maximum Gasteiger partial charge on any atom is 0.300 e. The smallest absolute Gasteiger partial charge is 0.282 e. The molecule has 1 rings (SSSR count). The lowest BCUT2D eigenvalue weighted by atomic mass is 10.1. The molecule has 0 spiro atoms. The van der Waals surface area contributed by atoms with Crippen LogP contribution in [-0.2, 0) is 5.75 Å². The van der Waals surface area contributed by atoms with E-state index in [1.54, 1.807) is 19.1 Å². The van der Waals surface area contributed by atoms with Crippen molar-refractivity contribution in [1.29, 1.82) is 0 Å². The van der Waals surface area contributed by atoms with Crippen LogP contribution in [0.5, 0.6) is 0 Å². The van der Waals surface area contributed by atoms with Crippen molar-refractivity contribution < 1.29 is 10.3 Å². The standard InChI is InChI=1S/C9H11N3O2S/c1-6-4-7(5-15-9(10)11)2-3-8(6)12(13)14/h2-4H,5H2,1H3,(H3,10,11)/p+1. The largest absolute Gasteiger partial charge is 0.300 e. The van der Waals surface area contributed by atoms with Crippen molar-refractivity contribution in [2.24, 2.45) is 5.73 Å². The number of nitro groups is 1. The van der Waals surface area contributed by atoms with E-state index in [9.17, 15) is 10.1 Å². The molecule has 0 aliphatic carbocycles. The first-order chi connectivity index (χ1) is 7.00. The summed E-state index contributed by atoms with van der Waals surface area (Å²) in [6.45, 7) is 1.71. The summed E-state index contributed by atoms with van der Waals surface area (Å²) in [4.78, 5) is 10.2. The zero-order valence-corrected chi connectivity index (χ0v) is 9.08. The molecule has 1 aromatic rings. The third kappa shape index (κ3) is 3.25. The predicted molar refractivity (Wildman–Crippen MR) is 60.2 cm³/mol. The number of hydrogen-bond donors (Lipinski definition) is 2. The highest BCUT2D eigenvalue weighted by Crippen LogP contribution is 2.21. The van der Waals surface area contributed by atoms with Gasteiger partial charge in [0.2, 0.25) is 0 Å². The molecular formula is C9H12N3O2S+. The summed E-state index contributed by atoms with van der Waals surface area (Å²) in [5.74, 6) is 0.626. The Kier molecular flexibility index (Phi) is 3.68. The molecular weight excluding hydrogens is 214 g/mol. The Morgan fingerprint density at radius 3 is 2.80 bits per heavy atom. The number of hydrogen-bond acceptors (Lipinski definition) is 3. The molecule has 1 aromatic carbocycles. The Hall–Kier alpha value is -1.56.